The molecule has 0 spiro atoms. The van der Waals surface area contributed by atoms with Crippen molar-refractivity contribution in [2.75, 3.05) is 40.6 Å². The standard InChI is InChI=1S/C21H25FN2O5S/c1-23(2)30(25,26)24-10-9-19(15-3-5-17(22)6-4-15)16(12-24)13-27-18-7-8-20-21(11-18)29-14-28-20/h3-8,11,16,19H,9-10,12-14H2,1-2H3/t16-,19+/m1/s1. The number of benzene rings is 2. The Morgan fingerprint density at radius 2 is 1.87 bits per heavy atom. The zero-order valence-electron chi connectivity index (χ0n) is 17.0. The molecule has 0 unspecified atom stereocenters. The molecule has 9 heteroatoms. The van der Waals surface area contributed by atoms with Gasteiger partial charge in [-0.05, 0) is 42.2 Å². The molecular weight excluding hydrogens is 411 g/mol. The predicted octanol–water partition coefficient (Wildman–Crippen LogP) is 2.85. The van der Waals surface area contributed by atoms with Gasteiger partial charge in [-0.15, -0.1) is 0 Å². The third-order valence-electron chi connectivity index (χ3n) is 5.59. The Bertz CT molecular complexity index is 997. The van der Waals surface area contributed by atoms with E-state index >= 15 is 0 Å². The van der Waals surface area contributed by atoms with Crippen LogP contribution in [0.4, 0.5) is 4.39 Å². The van der Waals surface area contributed by atoms with Crippen LogP contribution in [0.2, 0.25) is 0 Å². The van der Waals surface area contributed by atoms with Gasteiger partial charge in [-0.1, -0.05) is 12.1 Å². The largest absolute Gasteiger partial charge is 0.493 e. The number of hydrogen-bond acceptors (Lipinski definition) is 5. The van der Waals surface area contributed by atoms with Crippen molar-refractivity contribution < 1.29 is 27.0 Å². The molecule has 2 atom stereocenters. The van der Waals surface area contributed by atoms with E-state index in [1.54, 1.807) is 30.3 Å². The molecule has 0 N–H and O–H groups in total. The molecule has 2 aromatic rings. The van der Waals surface area contributed by atoms with Crippen molar-refractivity contribution in [1.29, 1.82) is 0 Å². The van der Waals surface area contributed by atoms with Crippen LogP contribution in [0.15, 0.2) is 42.5 Å². The van der Waals surface area contributed by atoms with Crippen LogP contribution in [0.25, 0.3) is 0 Å². The molecular formula is C21H25FN2O5S. The highest BCUT2D eigenvalue weighted by molar-refractivity contribution is 7.86. The average molecular weight is 437 g/mol. The highest BCUT2D eigenvalue weighted by Crippen LogP contribution is 2.37. The van der Waals surface area contributed by atoms with Crippen LogP contribution in [0.1, 0.15) is 17.9 Å². The lowest BCUT2D eigenvalue weighted by molar-refractivity contribution is 0.154. The van der Waals surface area contributed by atoms with Gasteiger partial charge in [0.25, 0.3) is 10.2 Å². The van der Waals surface area contributed by atoms with Crippen molar-refractivity contribution in [2.24, 2.45) is 5.92 Å². The lowest BCUT2D eigenvalue weighted by Crippen LogP contribution is -2.48. The van der Waals surface area contributed by atoms with E-state index in [-0.39, 0.29) is 24.4 Å². The monoisotopic (exact) mass is 436 g/mol. The summed E-state index contributed by atoms with van der Waals surface area (Å²) in [6.07, 6.45) is 0.633. The minimum atomic E-state index is -3.52. The zero-order chi connectivity index (χ0) is 21.3. The maximum Gasteiger partial charge on any atom is 0.281 e. The summed E-state index contributed by atoms with van der Waals surface area (Å²) in [7, 11) is -0.467. The van der Waals surface area contributed by atoms with Gasteiger partial charge >= 0.3 is 0 Å². The number of piperidine rings is 1. The molecule has 2 aliphatic heterocycles. The number of halogens is 1. The van der Waals surface area contributed by atoms with Crippen LogP contribution in [0.3, 0.4) is 0 Å². The number of hydrogen-bond donors (Lipinski definition) is 0. The summed E-state index contributed by atoms with van der Waals surface area (Å²) in [6.45, 7) is 1.24. The van der Waals surface area contributed by atoms with Crippen LogP contribution in [-0.2, 0) is 10.2 Å². The van der Waals surface area contributed by atoms with E-state index in [4.69, 9.17) is 14.2 Å². The van der Waals surface area contributed by atoms with Crippen LogP contribution in [0, 0.1) is 11.7 Å². The van der Waals surface area contributed by atoms with Crippen molar-refractivity contribution in [3.63, 3.8) is 0 Å². The molecule has 162 valence electrons. The summed E-state index contributed by atoms with van der Waals surface area (Å²) < 4.78 is 58.1. The van der Waals surface area contributed by atoms with Gasteiger partial charge in [0, 0.05) is 39.2 Å². The minimum absolute atomic E-state index is 0.0632. The van der Waals surface area contributed by atoms with Gasteiger partial charge < -0.3 is 14.2 Å². The molecule has 7 nitrogen and oxygen atoms in total. The van der Waals surface area contributed by atoms with E-state index in [0.717, 1.165) is 5.56 Å². The van der Waals surface area contributed by atoms with Gasteiger partial charge in [0.15, 0.2) is 11.5 Å². The molecule has 0 aliphatic carbocycles. The van der Waals surface area contributed by atoms with Gasteiger partial charge in [0.1, 0.15) is 11.6 Å². The van der Waals surface area contributed by atoms with Gasteiger partial charge in [0.2, 0.25) is 6.79 Å². The smallest absolute Gasteiger partial charge is 0.281 e. The van der Waals surface area contributed by atoms with Crippen molar-refractivity contribution in [1.82, 2.24) is 8.61 Å². The second kappa shape index (κ2) is 8.41. The highest BCUT2D eigenvalue weighted by atomic mass is 32.2. The molecule has 0 bridgehead atoms. The normalized spacial score (nSPS) is 21.7. The molecule has 2 aliphatic rings. The van der Waals surface area contributed by atoms with Crippen LogP contribution in [0.5, 0.6) is 17.2 Å². The molecule has 0 amide bonds. The van der Waals surface area contributed by atoms with Gasteiger partial charge in [-0.3, -0.25) is 0 Å². The topological polar surface area (TPSA) is 68.3 Å². The maximum absolute atomic E-state index is 13.4. The summed E-state index contributed by atoms with van der Waals surface area (Å²) in [5.74, 6) is 1.61. The summed E-state index contributed by atoms with van der Waals surface area (Å²) in [5, 5.41) is 0. The number of rotatable bonds is 6. The fraction of sp³-hybridized carbons (Fsp3) is 0.429. The molecule has 0 radical (unpaired) electrons. The van der Waals surface area contributed by atoms with E-state index in [1.807, 2.05) is 0 Å². The number of ether oxygens (including phenoxy) is 3. The molecule has 2 heterocycles. The summed E-state index contributed by atoms with van der Waals surface area (Å²) in [4.78, 5) is 0. The van der Waals surface area contributed by atoms with E-state index < -0.39 is 10.2 Å². The molecule has 1 fully saturated rings. The summed E-state index contributed by atoms with van der Waals surface area (Å²) in [5.41, 5.74) is 0.984. The average Bonchev–Trinajstić information content (AvgIpc) is 3.20. The van der Waals surface area contributed by atoms with Crippen LogP contribution in [-0.4, -0.2) is 57.6 Å². The van der Waals surface area contributed by atoms with Gasteiger partial charge in [0.05, 0.1) is 6.61 Å². The van der Waals surface area contributed by atoms with Crippen LogP contribution < -0.4 is 14.2 Å². The molecule has 0 saturated carbocycles. The SMILES string of the molecule is CN(C)S(=O)(=O)N1CC[C@@H](c2ccc(F)cc2)[C@@H](COc2ccc3c(c2)OCO3)C1. The number of nitrogens with zero attached hydrogens (tertiary/aromatic N) is 2. The summed E-state index contributed by atoms with van der Waals surface area (Å²) >= 11 is 0. The summed E-state index contributed by atoms with van der Waals surface area (Å²) in [6, 6.07) is 11.8. The first kappa shape index (κ1) is 20.9. The van der Waals surface area contributed by atoms with Gasteiger partial charge in [-0.2, -0.15) is 17.0 Å². The lowest BCUT2D eigenvalue weighted by atomic mass is 9.81. The predicted molar refractivity (Wildman–Crippen MR) is 109 cm³/mol. The third-order valence-corrected chi connectivity index (χ3v) is 7.50. The molecule has 1 saturated heterocycles. The molecule has 2 aromatic carbocycles. The Morgan fingerprint density at radius 1 is 1.13 bits per heavy atom. The fourth-order valence-electron chi connectivity index (χ4n) is 3.93. The van der Waals surface area contributed by atoms with Crippen molar-refractivity contribution in [3.8, 4) is 17.2 Å². The number of fused-ring (bicyclic) bond motifs is 1. The minimum Gasteiger partial charge on any atom is -0.493 e. The Labute approximate surface area is 176 Å². The fourth-order valence-corrected chi connectivity index (χ4v) is 5.10. The maximum atomic E-state index is 13.4. The lowest BCUT2D eigenvalue weighted by Gasteiger charge is -2.38. The van der Waals surface area contributed by atoms with Gasteiger partial charge in [-0.25, -0.2) is 4.39 Å². The Hall–Kier alpha value is -2.36. The van der Waals surface area contributed by atoms with E-state index in [1.165, 1.54) is 34.8 Å². The molecule has 0 aromatic heterocycles. The Morgan fingerprint density at radius 3 is 2.60 bits per heavy atom. The molecule has 4 rings (SSSR count). The first-order valence-electron chi connectivity index (χ1n) is 9.80. The van der Waals surface area contributed by atoms with E-state index in [0.29, 0.717) is 43.4 Å². The molecule has 30 heavy (non-hydrogen) atoms. The van der Waals surface area contributed by atoms with Crippen molar-refractivity contribution in [3.05, 3.63) is 53.8 Å². The quantitative estimate of drug-likeness (QED) is 0.697. The highest BCUT2D eigenvalue weighted by Gasteiger charge is 2.37. The van der Waals surface area contributed by atoms with Crippen molar-refractivity contribution in [2.45, 2.75) is 12.3 Å². The third kappa shape index (κ3) is 4.23. The Kier molecular flexibility index (Phi) is 5.86. The Balaban J connectivity index is 1.54. The second-order valence-electron chi connectivity index (χ2n) is 7.68. The first-order chi connectivity index (χ1) is 14.3. The zero-order valence-corrected chi connectivity index (χ0v) is 17.8. The van der Waals surface area contributed by atoms with E-state index in [2.05, 4.69) is 0 Å². The first-order valence-corrected chi connectivity index (χ1v) is 11.2. The second-order valence-corrected chi connectivity index (χ2v) is 9.82. The van der Waals surface area contributed by atoms with Crippen LogP contribution >= 0.6 is 0 Å². The van der Waals surface area contributed by atoms with E-state index in [9.17, 15) is 12.8 Å². The van der Waals surface area contributed by atoms with Crippen molar-refractivity contribution >= 4 is 10.2 Å².